The Morgan fingerprint density at radius 1 is 1.33 bits per heavy atom. The molecular formula is C8H11FO3. The van der Waals surface area contributed by atoms with Crippen LogP contribution in [0.4, 0.5) is 4.39 Å². The molecule has 0 aromatic carbocycles. The Labute approximate surface area is 69.9 Å². The highest BCUT2D eigenvalue weighted by molar-refractivity contribution is 5.88. The van der Waals surface area contributed by atoms with Gasteiger partial charge in [0.25, 0.3) is 0 Å². The van der Waals surface area contributed by atoms with Crippen LogP contribution >= 0.6 is 0 Å². The number of esters is 2. The van der Waals surface area contributed by atoms with Gasteiger partial charge in [-0.3, -0.25) is 9.59 Å². The van der Waals surface area contributed by atoms with Crippen LogP contribution in [-0.2, 0) is 14.3 Å². The molecular weight excluding hydrogens is 163 g/mol. The first kappa shape index (κ1) is 9.16. The first-order valence-corrected chi connectivity index (χ1v) is 3.82. The van der Waals surface area contributed by atoms with Crippen LogP contribution in [0.3, 0.4) is 0 Å². The molecule has 1 fully saturated rings. The molecule has 12 heavy (non-hydrogen) atoms. The van der Waals surface area contributed by atoms with Gasteiger partial charge in [-0.05, 0) is 13.8 Å². The fraction of sp³-hybridized carbons (Fsp3) is 0.750. The van der Waals surface area contributed by atoms with E-state index in [1.54, 1.807) is 0 Å². The molecule has 0 saturated carbocycles. The Kier molecular flexibility index (Phi) is 2.17. The third-order valence-electron chi connectivity index (χ3n) is 2.02. The molecule has 0 amide bonds. The number of carbonyl (C=O) groups is 2. The number of hydrogen-bond donors (Lipinski definition) is 0. The second kappa shape index (κ2) is 2.84. The second-order valence-electron chi connectivity index (χ2n) is 3.52. The van der Waals surface area contributed by atoms with E-state index in [0.717, 1.165) is 0 Å². The molecule has 1 aliphatic heterocycles. The molecule has 1 rings (SSSR count). The van der Waals surface area contributed by atoms with Gasteiger partial charge in [-0.1, -0.05) is 0 Å². The van der Waals surface area contributed by atoms with Crippen molar-refractivity contribution in [1.29, 1.82) is 0 Å². The van der Waals surface area contributed by atoms with E-state index in [2.05, 4.69) is 4.74 Å². The summed E-state index contributed by atoms with van der Waals surface area (Å²) >= 11 is 0. The highest BCUT2D eigenvalue weighted by Crippen LogP contribution is 2.30. The number of hydrogen-bond acceptors (Lipinski definition) is 3. The Balaban J connectivity index is 2.68. The molecule has 1 aliphatic rings. The van der Waals surface area contributed by atoms with E-state index in [9.17, 15) is 14.0 Å². The van der Waals surface area contributed by atoms with Crippen LogP contribution in [-0.4, -0.2) is 17.6 Å². The molecule has 0 aliphatic carbocycles. The van der Waals surface area contributed by atoms with Crippen molar-refractivity contribution in [2.24, 2.45) is 5.92 Å². The molecule has 0 bridgehead atoms. The van der Waals surface area contributed by atoms with Gasteiger partial charge in [0.2, 0.25) is 0 Å². The van der Waals surface area contributed by atoms with Gasteiger partial charge >= 0.3 is 11.9 Å². The average molecular weight is 174 g/mol. The molecule has 1 saturated heterocycles. The van der Waals surface area contributed by atoms with Gasteiger partial charge in [0, 0.05) is 5.92 Å². The number of halogens is 1. The summed E-state index contributed by atoms with van der Waals surface area (Å²) in [5, 5.41) is 0. The van der Waals surface area contributed by atoms with Gasteiger partial charge in [-0.15, -0.1) is 0 Å². The molecule has 0 aromatic heterocycles. The lowest BCUT2D eigenvalue weighted by atomic mass is 9.86. The maximum Gasteiger partial charge on any atom is 0.313 e. The monoisotopic (exact) mass is 174 g/mol. The van der Waals surface area contributed by atoms with Crippen molar-refractivity contribution in [1.82, 2.24) is 0 Å². The zero-order valence-electron chi connectivity index (χ0n) is 7.09. The van der Waals surface area contributed by atoms with E-state index in [-0.39, 0.29) is 12.8 Å². The third-order valence-corrected chi connectivity index (χ3v) is 2.02. The molecule has 3 nitrogen and oxygen atoms in total. The zero-order valence-corrected chi connectivity index (χ0v) is 7.09. The minimum Gasteiger partial charge on any atom is -0.393 e. The molecule has 0 aromatic rings. The summed E-state index contributed by atoms with van der Waals surface area (Å²) in [5.74, 6) is -1.78. The standard InChI is InChI=1S/C8H11FO3/c1-8(2,9)5-3-6(10)12-7(11)4-5/h5H,3-4H2,1-2H3. The van der Waals surface area contributed by atoms with Gasteiger partial charge in [-0.2, -0.15) is 0 Å². The molecule has 0 atom stereocenters. The van der Waals surface area contributed by atoms with Gasteiger partial charge in [-0.25, -0.2) is 4.39 Å². The number of cyclic esters (lactones) is 2. The lowest BCUT2D eigenvalue weighted by Gasteiger charge is -2.27. The number of rotatable bonds is 1. The van der Waals surface area contributed by atoms with Crippen molar-refractivity contribution in [3.05, 3.63) is 0 Å². The van der Waals surface area contributed by atoms with Crippen molar-refractivity contribution < 1.29 is 18.7 Å². The van der Waals surface area contributed by atoms with Crippen LogP contribution in [0.5, 0.6) is 0 Å². The lowest BCUT2D eigenvalue weighted by Crippen LogP contribution is -2.36. The summed E-state index contributed by atoms with van der Waals surface area (Å²) in [7, 11) is 0. The summed E-state index contributed by atoms with van der Waals surface area (Å²) in [6.07, 6.45) is -0.00944. The van der Waals surface area contributed by atoms with Crippen LogP contribution in [0.25, 0.3) is 0 Å². The first-order chi connectivity index (χ1) is 5.39. The van der Waals surface area contributed by atoms with Gasteiger partial charge < -0.3 is 4.74 Å². The van der Waals surface area contributed by atoms with E-state index in [1.807, 2.05) is 0 Å². The summed E-state index contributed by atoms with van der Waals surface area (Å²) in [4.78, 5) is 21.4. The number of alkyl halides is 1. The SMILES string of the molecule is CC(C)(F)C1CC(=O)OC(=O)C1. The van der Waals surface area contributed by atoms with E-state index in [1.165, 1.54) is 13.8 Å². The number of carbonyl (C=O) groups excluding carboxylic acids is 2. The molecule has 0 unspecified atom stereocenters. The minimum atomic E-state index is -1.49. The van der Waals surface area contributed by atoms with Gasteiger partial charge in [0.15, 0.2) is 0 Å². The van der Waals surface area contributed by atoms with E-state index in [0.29, 0.717) is 0 Å². The van der Waals surface area contributed by atoms with Crippen molar-refractivity contribution >= 4 is 11.9 Å². The van der Waals surface area contributed by atoms with Crippen LogP contribution < -0.4 is 0 Å². The van der Waals surface area contributed by atoms with Crippen LogP contribution in [0.1, 0.15) is 26.7 Å². The fourth-order valence-electron chi connectivity index (χ4n) is 1.17. The highest BCUT2D eigenvalue weighted by Gasteiger charge is 2.37. The number of ether oxygens (including phenoxy) is 1. The maximum absolute atomic E-state index is 13.3. The minimum absolute atomic E-state index is 0.00472. The first-order valence-electron chi connectivity index (χ1n) is 3.82. The molecule has 4 heteroatoms. The highest BCUT2D eigenvalue weighted by atomic mass is 19.1. The summed E-state index contributed by atoms with van der Waals surface area (Å²) in [5.41, 5.74) is -1.49. The van der Waals surface area contributed by atoms with Crippen LogP contribution in [0.2, 0.25) is 0 Å². The molecule has 0 spiro atoms. The second-order valence-corrected chi connectivity index (χ2v) is 3.52. The quantitative estimate of drug-likeness (QED) is 0.443. The van der Waals surface area contributed by atoms with Crippen molar-refractivity contribution in [2.75, 3.05) is 0 Å². The fourth-order valence-corrected chi connectivity index (χ4v) is 1.17. The average Bonchev–Trinajstić information content (AvgIpc) is 1.82. The largest absolute Gasteiger partial charge is 0.393 e. The normalized spacial score (nSPS) is 20.9. The van der Waals surface area contributed by atoms with E-state index >= 15 is 0 Å². The van der Waals surface area contributed by atoms with Gasteiger partial charge in [0.05, 0.1) is 12.8 Å². The Morgan fingerprint density at radius 2 is 1.75 bits per heavy atom. The Morgan fingerprint density at radius 3 is 2.08 bits per heavy atom. The van der Waals surface area contributed by atoms with Gasteiger partial charge in [0.1, 0.15) is 5.67 Å². The van der Waals surface area contributed by atoms with Crippen LogP contribution in [0, 0.1) is 5.92 Å². The van der Waals surface area contributed by atoms with Crippen molar-refractivity contribution in [2.45, 2.75) is 32.4 Å². The summed E-state index contributed by atoms with van der Waals surface area (Å²) < 4.78 is 17.5. The summed E-state index contributed by atoms with van der Waals surface area (Å²) in [6, 6.07) is 0. The maximum atomic E-state index is 13.3. The predicted molar refractivity (Wildman–Crippen MR) is 39.0 cm³/mol. The smallest absolute Gasteiger partial charge is 0.313 e. The Bertz CT molecular complexity index is 201. The van der Waals surface area contributed by atoms with E-state index < -0.39 is 23.5 Å². The van der Waals surface area contributed by atoms with Crippen molar-refractivity contribution in [3.63, 3.8) is 0 Å². The topological polar surface area (TPSA) is 43.4 Å². The zero-order chi connectivity index (χ0) is 9.35. The van der Waals surface area contributed by atoms with Crippen LogP contribution in [0.15, 0.2) is 0 Å². The third kappa shape index (κ3) is 2.03. The molecule has 1 heterocycles. The van der Waals surface area contributed by atoms with Crippen molar-refractivity contribution in [3.8, 4) is 0 Å². The Hall–Kier alpha value is -0.930. The molecule has 0 N–H and O–H groups in total. The molecule has 68 valence electrons. The predicted octanol–water partition coefficient (Wildman–Crippen LogP) is 1.21. The molecule has 0 radical (unpaired) electrons. The van der Waals surface area contributed by atoms with E-state index in [4.69, 9.17) is 0 Å². The summed E-state index contributed by atoms with van der Waals surface area (Å²) in [6.45, 7) is 2.73. The lowest BCUT2D eigenvalue weighted by molar-refractivity contribution is -0.168.